The average molecular weight is 268 g/mol. The van der Waals surface area contributed by atoms with E-state index in [-0.39, 0.29) is 29.6 Å². The Balaban J connectivity index is 2.14. The van der Waals surface area contributed by atoms with Crippen molar-refractivity contribution < 1.29 is 9.53 Å². The van der Waals surface area contributed by atoms with Gasteiger partial charge in [-0.15, -0.1) is 0 Å². The van der Waals surface area contributed by atoms with Crippen LogP contribution in [-0.2, 0) is 9.53 Å². The molecule has 0 aromatic heterocycles. The van der Waals surface area contributed by atoms with Gasteiger partial charge in [0.1, 0.15) is 0 Å². The molecule has 1 amide bonds. The van der Waals surface area contributed by atoms with E-state index < -0.39 is 0 Å². The van der Waals surface area contributed by atoms with E-state index in [0.29, 0.717) is 12.0 Å². The van der Waals surface area contributed by atoms with Crippen LogP contribution in [0.4, 0.5) is 0 Å². The molecule has 2 aliphatic rings. The minimum atomic E-state index is -0.0545. The van der Waals surface area contributed by atoms with E-state index in [1.165, 1.54) is 0 Å². The molecular formula is C15H28N2O2. The van der Waals surface area contributed by atoms with Crippen molar-refractivity contribution >= 4 is 5.91 Å². The number of hydrogen-bond acceptors (Lipinski definition) is 3. The molecule has 4 nitrogen and oxygen atoms in total. The quantitative estimate of drug-likeness (QED) is 0.848. The van der Waals surface area contributed by atoms with E-state index in [0.717, 1.165) is 12.8 Å². The molecule has 4 atom stereocenters. The van der Waals surface area contributed by atoms with Crippen molar-refractivity contribution in [2.24, 2.45) is 11.3 Å². The van der Waals surface area contributed by atoms with Gasteiger partial charge in [0.15, 0.2) is 0 Å². The molecule has 0 aromatic rings. The Morgan fingerprint density at radius 3 is 2.58 bits per heavy atom. The predicted molar refractivity (Wildman–Crippen MR) is 75.7 cm³/mol. The number of nitrogens with zero attached hydrogens (tertiary/aromatic N) is 1. The minimum absolute atomic E-state index is 0.0470. The lowest BCUT2D eigenvalue weighted by atomic mass is 9.63. The monoisotopic (exact) mass is 268 g/mol. The second kappa shape index (κ2) is 5.06. The van der Waals surface area contributed by atoms with Crippen molar-refractivity contribution in [1.29, 1.82) is 0 Å². The van der Waals surface area contributed by atoms with E-state index in [2.05, 4.69) is 37.9 Å². The van der Waals surface area contributed by atoms with Crippen LogP contribution in [0.2, 0.25) is 0 Å². The highest BCUT2D eigenvalue weighted by Crippen LogP contribution is 2.47. The predicted octanol–water partition coefficient (Wildman–Crippen LogP) is 1.99. The standard InChI is InChI=1S/C15H28N2O2/c1-9(2)7-13-16-10(3)14(18)17(13)11-8-12(19-6)15(11,4)5/h9-13,16H,7-8H2,1-6H3. The summed E-state index contributed by atoms with van der Waals surface area (Å²) in [4.78, 5) is 14.5. The maximum atomic E-state index is 12.4. The van der Waals surface area contributed by atoms with E-state index in [4.69, 9.17) is 4.74 Å². The van der Waals surface area contributed by atoms with Crippen LogP contribution in [0.5, 0.6) is 0 Å². The van der Waals surface area contributed by atoms with E-state index >= 15 is 0 Å². The molecule has 1 saturated carbocycles. The van der Waals surface area contributed by atoms with Gasteiger partial charge in [0.25, 0.3) is 0 Å². The third kappa shape index (κ3) is 2.40. The summed E-state index contributed by atoms with van der Waals surface area (Å²) in [7, 11) is 1.76. The van der Waals surface area contributed by atoms with Crippen LogP contribution >= 0.6 is 0 Å². The van der Waals surface area contributed by atoms with Crippen molar-refractivity contribution in [2.75, 3.05) is 7.11 Å². The highest BCUT2D eigenvalue weighted by Gasteiger charge is 2.56. The van der Waals surface area contributed by atoms with Crippen LogP contribution in [-0.4, -0.2) is 42.3 Å². The van der Waals surface area contributed by atoms with E-state index in [1.54, 1.807) is 7.11 Å². The molecule has 19 heavy (non-hydrogen) atoms. The molecule has 0 radical (unpaired) electrons. The van der Waals surface area contributed by atoms with Crippen molar-refractivity contribution in [3.05, 3.63) is 0 Å². The molecule has 0 bridgehead atoms. The SMILES string of the molecule is COC1CC(N2C(=O)C(C)NC2CC(C)C)C1(C)C. The second-order valence-corrected chi connectivity index (χ2v) is 7.08. The Bertz CT molecular complexity index is 354. The molecular weight excluding hydrogens is 240 g/mol. The van der Waals surface area contributed by atoms with Crippen molar-refractivity contribution in [3.8, 4) is 0 Å². The summed E-state index contributed by atoms with van der Waals surface area (Å²) in [6.45, 7) is 10.8. The summed E-state index contributed by atoms with van der Waals surface area (Å²) >= 11 is 0. The molecule has 1 aliphatic heterocycles. The lowest BCUT2D eigenvalue weighted by molar-refractivity contribution is -0.162. The van der Waals surface area contributed by atoms with Gasteiger partial charge in [-0.2, -0.15) is 0 Å². The number of hydrogen-bond donors (Lipinski definition) is 1. The summed E-state index contributed by atoms with van der Waals surface area (Å²) in [5.41, 5.74) is 0.0470. The lowest BCUT2D eigenvalue weighted by Gasteiger charge is -2.55. The summed E-state index contributed by atoms with van der Waals surface area (Å²) < 4.78 is 5.51. The van der Waals surface area contributed by atoms with Gasteiger partial charge in [-0.3, -0.25) is 10.1 Å². The van der Waals surface area contributed by atoms with Gasteiger partial charge in [0.05, 0.1) is 18.3 Å². The van der Waals surface area contributed by atoms with Gasteiger partial charge < -0.3 is 9.64 Å². The van der Waals surface area contributed by atoms with Crippen LogP contribution in [0.3, 0.4) is 0 Å². The Kier molecular flexibility index (Phi) is 3.94. The van der Waals surface area contributed by atoms with Crippen LogP contribution in [0.25, 0.3) is 0 Å². The lowest BCUT2D eigenvalue weighted by Crippen LogP contribution is -2.64. The molecule has 1 saturated heterocycles. The van der Waals surface area contributed by atoms with Crippen LogP contribution < -0.4 is 5.32 Å². The van der Waals surface area contributed by atoms with E-state index in [1.807, 2.05) is 6.92 Å². The molecule has 1 aliphatic carbocycles. The van der Waals surface area contributed by atoms with Crippen molar-refractivity contribution in [3.63, 3.8) is 0 Å². The third-order valence-electron chi connectivity index (χ3n) is 4.84. The smallest absolute Gasteiger partial charge is 0.240 e. The summed E-state index contributed by atoms with van der Waals surface area (Å²) in [6, 6.07) is 0.243. The molecule has 2 rings (SSSR count). The number of methoxy groups -OCH3 is 1. The van der Waals surface area contributed by atoms with Crippen LogP contribution in [0, 0.1) is 11.3 Å². The third-order valence-corrected chi connectivity index (χ3v) is 4.84. The maximum absolute atomic E-state index is 12.4. The van der Waals surface area contributed by atoms with Gasteiger partial charge in [0.2, 0.25) is 5.91 Å². The average Bonchev–Trinajstić information content (AvgIpc) is 2.55. The topological polar surface area (TPSA) is 41.6 Å². The molecule has 4 heteroatoms. The van der Waals surface area contributed by atoms with Gasteiger partial charge in [-0.1, -0.05) is 27.7 Å². The Hall–Kier alpha value is -0.610. The first-order chi connectivity index (χ1) is 8.78. The van der Waals surface area contributed by atoms with Crippen molar-refractivity contribution in [1.82, 2.24) is 10.2 Å². The molecule has 1 N–H and O–H groups in total. The first-order valence-corrected chi connectivity index (χ1v) is 7.40. The van der Waals surface area contributed by atoms with Crippen molar-refractivity contribution in [2.45, 2.75) is 71.8 Å². The zero-order valence-corrected chi connectivity index (χ0v) is 13.1. The number of ether oxygens (including phenoxy) is 1. The molecule has 1 heterocycles. The molecule has 4 unspecified atom stereocenters. The first-order valence-electron chi connectivity index (χ1n) is 7.40. The second-order valence-electron chi connectivity index (χ2n) is 7.08. The number of rotatable bonds is 4. The number of amides is 1. The number of carbonyl (C=O) groups is 1. The Labute approximate surface area is 116 Å². The fraction of sp³-hybridized carbons (Fsp3) is 0.933. The van der Waals surface area contributed by atoms with Crippen LogP contribution in [0.15, 0.2) is 0 Å². The highest BCUT2D eigenvalue weighted by atomic mass is 16.5. The summed E-state index contributed by atoms with van der Waals surface area (Å²) in [6.07, 6.45) is 2.42. The zero-order chi connectivity index (χ0) is 14.4. The summed E-state index contributed by atoms with van der Waals surface area (Å²) in [5, 5.41) is 3.44. The fourth-order valence-corrected chi connectivity index (χ4v) is 3.55. The number of nitrogens with one attached hydrogen (secondary N) is 1. The Morgan fingerprint density at radius 2 is 2.11 bits per heavy atom. The van der Waals surface area contributed by atoms with Crippen LogP contribution in [0.1, 0.15) is 47.5 Å². The van der Waals surface area contributed by atoms with Gasteiger partial charge in [0, 0.05) is 18.6 Å². The van der Waals surface area contributed by atoms with Gasteiger partial charge in [-0.05, 0) is 25.7 Å². The normalized spacial score (nSPS) is 37.8. The highest BCUT2D eigenvalue weighted by molar-refractivity contribution is 5.84. The first kappa shape index (κ1) is 14.8. The molecule has 2 fully saturated rings. The Morgan fingerprint density at radius 1 is 1.47 bits per heavy atom. The maximum Gasteiger partial charge on any atom is 0.240 e. The minimum Gasteiger partial charge on any atom is -0.381 e. The van der Waals surface area contributed by atoms with Gasteiger partial charge >= 0.3 is 0 Å². The summed E-state index contributed by atoms with van der Waals surface area (Å²) in [5.74, 6) is 0.831. The molecule has 0 spiro atoms. The largest absolute Gasteiger partial charge is 0.381 e. The van der Waals surface area contributed by atoms with Gasteiger partial charge in [-0.25, -0.2) is 0 Å². The molecule has 0 aromatic carbocycles. The number of carbonyl (C=O) groups excluding carboxylic acids is 1. The zero-order valence-electron chi connectivity index (χ0n) is 13.1. The fourth-order valence-electron chi connectivity index (χ4n) is 3.55. The molecule has 110 valence electrons. The van der Waals surface area contributed by atoms with E-state index in [9.17, 15) is 4.79 Å².